The second-order valence-corrected chi connectivity index (χ2v) is 6.83. The molecule has 0 amide bonds. The maximum Gasteiger partial charge on any atom is 0.00640 e. The van der Waals surface area contributed by atoms with Gasteiger partial charge in [0, 0.05) is 11.8 Å². The normalized spacial score (nSPS) is 13.5. The first-order valence-electron chi connectivity index (χ1n) is 8.79. The largest absolute Gasteiger partial charge is 0.0622 e. The molecular weight excluding hydrogens is 288 g/mol. The predicted molar refractivity (Wildman–Crippen MR) is 104 cm³/mol. The number of hydrogen-bond donors (Lipinski definition) is 0. The summed E-state index contributed by atoms with van der Waals surface area (Å²) in [4.78, 5) is 0. The quantitative estimate of drug-likeness (QED) is 0.508. The van der Waals surface area contributed by atoms with Crippen LogP contribution in [-0.4, -0.2) is 0 Å². The van der Waals surface area contributed by atoms with Crippen molar-refractivity contribution in [2.45, 2.75) is 39.5 Å². The van der Waals surface area contributed by atoms with E-state index in [9.17, 15) is 0 Å². The predicted octanol–water partition coefficient (Wildman–Crippen LogP) is 6.61. The lowest BCUT2D eigenvalue weighted by Crippen LogP contribution is -2.05. The molecule has 0 saturated carbocycles. The fourth-order valence-electron chi connectivity index (χ4n) is 3.43. The number of hydrogen-bond acceptors (Lipinski definition) is 0. The average Bonchev–Trinajstić information content (AvgIpc) is 2.63. The van der Waals surface area contributed by atoms with Gasteiger partial charge in [-0.05, 0) is 47.2 Å². The number of benzene rings is 3. The molecule has 0 radical (unpaired) electrons. The van der Waals surface area contributed by atoms with E-state index in [1.165, 1.54) is 33.4 Å². The minimum atomic E-state index is 0.395. The molecule has 0 heterocycles. The second-order valence-electron chi connectivity index (χ2n) is 6.83. The Balaban J connectivity index is 2.01. The highest BCUT2D eigenvalue weighted by molar-refractivity contribution is 5.44. The van der Waals surface area contributed by atoms with Crippen molar-refractivity contribution in [3.8, 4) is 0 Å². The van der Waals surface area contributed by atoms with Gasteiger partial charge in [-0.3, -0.25) is 0 Å². The first-order chi connectivity index (χ1) is 11.6. The van der Waals surface area contributed by atoms with Crippen LogP contribution in [0.15, 0.2) is 72.8 Å². The van der Waals surface area contributed by atoms with Crippen molar-refractivity contribution < 1.29 is 0 Å². The van der Waals surface area contributed by atoms with Gasteiger partial charge in [-0.25, -0.2) is 0 Å². The zero-order valence-electron chi connectivity index (χ0n) is 15.1. The van der Waals surface area contributed by atoms with Crippen molar-refractivity contribution in [3.63, 3.8) is 0 Å². The molecule has 3 aromatic carbocycles. The lowest BCUT2D eigenvalue weighted by atomic mass is 9.82. The molecule has 2 unspecified atom stereocenters. The van der Waals surface area contributed by atoms with E-state index in [1.807, 2.05) is 0 Å². The molecule has 0 aromatic heterocycles. The Morgan fingerprint density at radius 2 is 1.08 bits per heavy atom. The smallest absolute Gasteiger partial charge is 0.00640 e. The first-order valence-corrected chi connectivity index (χ1v) is 8.79. The van der Waals surface area contributed by atoms with Crippen LogP contribution in [0.1, 0.15) is 59.1 Å². The second kappa shape index (κ2) is 7.05. The third-order valence-corrected chi connectivity index (χ3v) is 5.26. The van der Waals surface area contributed by atoms with Gasteiger partial charge in [0.25, 0.3) is 0 Å². The molecule has 0 saturated heterocycles. The zero-order valence-corrected chi connectivity index (χ0v) is 15.1. The van der Waals surface area contributed by atoms with Gasteiger partial charge in [0.05, 0.1) is 0 Å². The molecule has 0 heteroatoms. The highest BCUT2D eigenvalue weighted by Gasteiger charge is 2.17. The van der Waals surface area contributed by atoms with Crippen molar-refractivity contribution in [3.05, 3.63) is 106 Å². The molecule has 0 N–H and O–H groups in total. The van der Waals surface area contributed by atoms with E-state index in [2.05, 4.69) is 100 Å². The van der Waals surface area contributed by atoms with E-state index in [0.29, 0.717) is 11.8 Å². The van der Waals surface area contributed by atoms with Crippen molar-refractivity contribution >= 4 is 0 Å². The molecule has 0 bridgehead atoms. The Kier molecular flexibility index (Phi) is 4.85. The monoisotopic (exact) mass is 314 g/mol. The van der Waals surface area contributed by atoms with Crippen molar-refractivity contribution in [2.75, 3.05) is 0 Å². The summed E-state index contributed by atoms with van der Waals surface area (Å²) in [6.07, 6.45) is 0. The molecular formula is C24H26. The van der Waals surface area contributed by atoms with Crippen LogP contribution < -0.4 is 0 Å². The minimum absolute atomic E-state index is 0.395. The van der Waals surface area contributed by atoms with Crippen LogP contribution in [0.2, 0.25) is 0 Å². The Hall–Kier alpha value is -2.34. The van der Waals surface area contributed by atoms with Gasteiger partial charge in [-0.2, -0.15) is 0 Å². The Labute approximate surface area is 146 Å². The van der Waals surface area contributed by atoms with Crippen LogP contribution in [0.3, 0.4) is 0 Å². The van der Waals surface area contributed by atoms with E-state index >= 15 is 0 Å². The first kappa shape index (κ1) is 16.5. The SMILES string of the molecule is Cc1ccc(C(C)c2ccccc2C(C)c2ccccc2)cc1C. The van der Waals surface area contributed by atoms with E-state index in [0.717, 1.165) is 0 Å². The summed E-state index contributed by atoms with van der Waals surface area (Å²) < 4.78 is 0. The zero-order chi connectivity index (χ0) is 17.1. The molecule has 0 nitrogen and oxygen atoms in total. The molecule has 0 spiro atoms. The van der Waals surface area contributed by atoms with Gasteiger partial charge in [-0.1, -0.05) is 86.6 Å². The molecule has 24 heavy (non-hydrogen) atoms. The summed E-state index contributed by atoms with van der Waals surface area (Å²) in [5.74, 6) is 0.794. The molecule has 0 aliphatic heterocycles. The molecule has 3 aromatic rings. The molecule has 0 aliphatic rings. The minimum Gasteiger partial charge on any atom is -0.0622 e. The molecule has 3 rings (SSSR count). The van der Waals surface area contributed by atoms with Gasteiger partial charge in [-0.15, -0.1) is 0 Å². The summed E-state index contributed by atoms with van der Waals surface area (Å²) in [5, 5.41) is 0. The standard InChI is InChI=1S/C24H26/c1-17-14-15-22(16-18(17)2)20(4)24-13-9-8-12-23(24)19(3)21-10-6-5-7-11-21/h5-16,19-20H,1-4H3. The summed E-state index contributed by atoms with van der Waals surface area (Å²) in [7, 11) is 0. The number of aryl methyl sites for hydroxylation is 2. The summed E-state index contributed by atoms with van der Waals surface area (Å²) in [6, 6.07) is 26.5. The summed E-state index contributed by atoms with van der Waals surface area (Å²) in [6.45, 7) is 9.00. The maximum atomic E-state index is 2.34. The topological polar surface area (TPSA) is 0 Å². The highest BCUT2D eigenvalue weighted by Crippen LogP contribution is 2.34. The van der Waals surface area contributed by atoms with Crippen LogP contribution in [0.25, 0.3) is 0 Å². The fourth-order valence-corrected chi connectivity index (χ4v) is 3.43. The summed E-state index contributed by atoms with van der Waals surface area (Å²) >= 11 is 0. The Morgan fingerprint density at radius 3 is 1.67 bits per heavy atom. The van der Waals surface area contributed by atoms with Crippen molar-refractivity contribution in [2.24, 2.45) is 0 Å². The molecule has 0 fully saturated rings. The van der Waals surface area contributed by atoms with Gasteiger partial charge < -0.3 is 0 Å². The molecule has 2 atom stereocenters. The highest BCUT2D eigenvalue weighted by atomic mass is 14.2. The van der Waals surface area contributed by atoms with Crippen LogP contribution in [0.4, 0.5) is 0 Å². The third-order valence-electron chi connectivity index (χ3n) is 5.26. The Morgan fingerprint density at radius 1 is 0.542 bits per heavy atom. The fraction of sp³-hybridized carbons (Fsp3) is 0.250. The molecule has 0 aliphatic carbocycles. The van der Waals surface area contributed by atoms with Crippen LogP contribution in [0.5, 0.6) is 0 Å². The van der Waals surface area contributed by atoms with E-state index in [4.69, 9.17) is 0 Å². The van der Waals surface area contributed by atoms with Gasteiger partial charge in [0.2, 0.25) is 0 Å². The summed E-state index contributed by atoms with van der Waals surface area (Å²) in [5.41, 5.74) is 8.35. The van der Waals surface area contributed by atoms with Crippen LogP contribution in [0, 0.1) is 13.8 Å². The van der Waals surface area contributed by atoms with Crippen LogP contribution >= 0.6 is 0 Å². The Bertz CT molecular complexity index is 814. The number of rotatable bonds is 4. The van der Waals surface area contributed by atoms with E-state index < -0.39 is 0 Å². The van der Waals surface area contributed by atoms with Gasteiger partial charge in [0.15, 0.2) is 0 Å². The third kappa shape index (κ3) is 3.28. The molecule has 122 valence electrons. The van der Waals surface area contributed by atoms with Crippen molar-refractivity contribution in [1.29, 1.82) is 0 Å². The van der Waals surface area contributed by atoms with Crippen LogP contribution in [-0.2, 0) is 0 Å². The maximum absolute atomic E-state index is 2.34. The van der Waals surface area contributed by atoms with Crippen molar-refractivity contribution in [1.82, 2.24) is 0 Å². The lowest BCUT2D eigenvalue weighted by Gasteiger charge is -2.22. The lowest BCUT2D eigenvalue weighted by molar-refractivity contribution is 0.842. The average molecular weight is 314 g/mol. The van der Waals surface area contributed by atoms with Gasteiger partial charge in [0.1, 0.15) is 0 Å². The van der Waals surface area contributed by atoms with E-state index in [1.54, 1.807) is 0 Å². The van der Waals surface area contributed by atoms with Gasteiger partial charge >= 0.3 is 0 Å². The van der Waals surface area contributed by atoms with E-state index in [-0.39, 0.29) is 0 Å².